The van der Waals surface area contributed by atoms with E-state index in [2.05, 4.69) is 17.0 Å². The minimum atomic E-state index is 0.136. The van der Waals surface area contributed by atoms with Crippen molar-refractivity contribution < 1.29 is 9.53 Å². The van der Waals surface area contributed by atoms with Crippen LogP contribution in [0.2, 0.25) is 0 Å². The summed E-state index contributed by atoms with van der Waals surface area (Å²) in [6.45, 7) is 4.16. The zero-order valence-corrected chi connectivity index (χ0v) is 18.6. The van der Waals surface area contributed by atoms with Crippen molar-refractivity contribution in [3.63, 3.8) is 0 Å². The van der Waals surface area contributed by atoms with Crippen LogP contribution in [0.4, 0.5) is 0 Å². The first kappa shape index (κ1) is 21.7. The molecule has 2 aromatic rings. The Labute approximate surface area is 179 Å². The van der Waals surface area contributed by atoms with E-state index in [1.54, 1.807) is 18.9 Å². The van der Waals surface area contributed by atoms with Gasteiger partial charge in [-0.1, -0.05) is 24.3 Å². The molecular weight excluding hydrogens is 380 g/mol. The molecule has 1 saturated heterocycles. The van der Waals surface area contributed by atoms with Crippen LogP contribution >= 0.6 is 11.8 Å². The number of hydrogen-bond acceptors (Lipinski definition) is 4. The quantitative estimate of drug-likeness (QED) is 0.600. The number of carbonyl (C=O) groups excluding carboxylic acids is 1. The Morgan fingerprint density at radius 1 is 1.14 bits per heavy atom. The Balaban J connectivity index is 1.43. The number of piperidine rings is 1. The number of thioether (sulfide) groups is 1. The maximum atomic E-state index is 12.9. The molecule has 0 aliphatic carbocycles. The van der Waals surface area contributed by atoms with Crippen molar-refractivity contribution in [3.8, 4) is 5.75 Å². The third-order valence-electron chi connectivity index (χ3n) is 5.80. The molecule has 29 heavy (non-hydrogen) atoms. The molecule has 0 bridgehead atoms. The van der Waals surface area contributed by atoms with Crippen LogP contribution in [0.15, 0.2) is 53.4 Å². The van der Waals surface area contributed by atoms with E-state index in [4.69, 9.17) is 4.74 Å². The van der Waals surface area contributed by atoms with Gasteiger partial charge in [0.05, 0.1) is 12.7 Å². The van der Waals surface area contributed by atoms with Gasteiger partial charge in [-0.2, -0.15) is 0 Å². The summed E-state index contributed by atoms with van der Waals surface area (Å²) in [5.74, 6) is 1.63. The number of amides is 1. The van der Waals surface area contributed by atoms with Gasteiger partial charge in [-0.25, -0.2) is 0 Å². The molecule has 156 valence electrons. The summed E-state index contributed by atoms with van der Waals surface area (Å²) >= 11 is 1.63. The Hall–Kier alpha value is -1.98. The lowest BCUT2D eigenvalue weighted by molar-refractivity contribution is 0.0737. The number of carbonyl (C=O) groups is 1. The first-order valence-corrected chi connectivity index (χ1v) is 11.6. The molecule has 1 heterocycles. The first-order valence-electron chi connectivity index (χ1n) is 10.3. The van der Waals surface area contributed by atoms with E-state index in [0.717, 1.165) is 61.6 Å². The lowest BCUT2D eigenvalue weighted by atomic mass is 9.95. The smallest absolute Gasteiger partial charge is 0.254 e. The largest absolute Gasteiger partial charge is 0.497 e. The molecule has 0 aromatic heterocycles. The van der Waals surface area contributed by atoms with Crippen LogP contribution in [-0.2, 0) is 6.42 Å². The molecule has 1 aliphatic heterocycles. The molecule has 4 nitrogen and oxygen atoms in total. The first-order chi connectivity index (χ1) is 14.1. The van der Waals surface area contributed by atoms with Crippen LogP contribution in [0.3, 0.4) is 0 Å². The van der Waals surface area contributed by atoms with E-state index in [9.17, 15) is 4.79 Å². The van der Waals surface area contributed by atoms with E-state index in [1.165, 1.54) is 5.56 Å². The fraction of sp³-hybridized carbons (Fsp3) is 0.458. The highest BCUT2D eigenvalue weighted by Crippen LogP contribution is 2.23. The maximum absolute atomic E-state index is 12.9. The monoisotopic (exact) mass is 412 g/mol. The lowest BCUT2D eigenvalue weighted by Gasteiger charge is -2.34. The Kier molecular flexibility index (Phi) is 8.01. The Bertz CT molecular complexity index is 786. The number of rotatable bonds is 8. The van der Waals surface area contributed by atoms with Crippen molar-refractivity contribution in [1.82, 2.24) is 9.80 Å². The van der Waals surface area contributed by atoms with Crippen LogP contribution in [0, 0.1) is 5.92 Å². The number of hydrogen-bond donors (Lipinski definition) is 0. The average Bonchev–Trinajstić information content (AvgIpc) is 2.78. The molecule has 0 saturated carbocycles. The van der Waals surface area contributed by atoms with Gasteiger partial charge in [0, 0.05) is 25.0 Å². The molecule has 5 heteroatoms. The van der Waals surface area contributed by atoms with Gasteiger partial charge in [-0.15, -0.1) is 11.8 Å². The van der Waals surface area contributed by atoms with Crippen molar-refractivity contribution in [2.45, 2.75) is 24.2 Å². The highest BCUT2D eigenvalue weighted by molar-refractivity contribution is 7.98. The Morgan fingerprint density at radius 2 is 1.83 bits per heavy atom. The molecular formula is C24H32N2O2S. The van der Waals surface area contributed by atoms with E-state index in [0.29, 0.717) is 5.92 Å². The standard InChI is InChI=1S/C24H32N2O2S/c1-25(24(27)22-6-4-5-7-23(22)29-3)18-20-13-16-26(17-14-20)15-12-19-8-10-21(28-2)11-9-19/h4-11,20H,12-18H2,1-3H3. The third kappa shape index (κ3) is 6.00. The molecule has 1 amide bonds. The number of likely N-dealkylation sites (tertiary alicyclic amines) is 1. The predicted octanol–water partition coefficient (Wildman–Crippen LogP) is 4.44. The second kappa shape index (κ2) is 10.7. The minimum absolute atomic E-state index is 0.136. The summed E-state index contributed by atoms with van der Waals surface area (Å²) < 4.78 is 5.23. The summed E-state index contributed by atoms with van der Waals surface area (Å²) in [7, 11) is 3.64. The predicted molar refractivity (Wildman–Crippen MR) is 121 cm³/mol. The van der Waals surface area contributed by atoms with Crippen molar-refractivity contribution in [1.29, 1.82) is 0 Å². The zero-order valence-electron chi connectivity index (χ0n) is 17.8. The van der Waals surface area contributed by atoms with Gasteiger partial charge in [-0.05, 0) is 74.4 Å². The Morgan fingerprint density at radius 3 is 2.48 bits per heavy atom. The van der Waals surface area contributed by atoms with Gasteiger partial charge in [-0.3, -0.25) is 4.79 Å². The molecule has 0 spiro atoms. The molecule has 0 atom stereocenters. The van der Waals surface area contributed by atoms with E-state index < -0.39 is 0 Å². The summed E-state index contributed by atoms with van der Waals surface area (Å²) in [5, 5.41) is 0. The molecule has 0 radical (unpaired) electrons. The fourth-order valence-electron chi connectivity index (χ4n) is 3.97. The van der Waals surface area contributed by atoms with Crippen molar-refractivity contribution >= 4 is 17.7 Å². The molecule has 2 aromatic carbocycles. The van der Waals surface area contributed by atoms with Gasteiger partial charge in [0.1, 0.15) is 5.75 Å². The second-order valence-electron chi connectivity index (χ2n) is 7.77. The summed E-state index contributed by atoms with van der Waals surface area (Å²) in [5.41, 5.74) is 2.17. The molecule has 1 aliphatic rings. The van der Waals surface area contributed by atoms with Gasteiger partial charge in [0.25, 0.3) is 5.91 Å². The zero-order chi connectivity index (χ0) is 20.6. The molecule has 0 N–H and O–H groups in total. The SMILES string of the molecule is COc1ccc(CCN2CCC(CN(C)C(=O)c3ccccc3SC)CC2)cc1. The summed E-state index contributed by atoms with van der Waals surface area (Å²) in [6, 6.07) is 16.3. The summed E-state index contributed by atoms with van der Waals surface area (Å²) in [6.07, 6.45) is 5.40. The maximum Gasteiger partial charge on any atom is 0.254 e. The number of nitrogens with zero attached hydrogens (tertiary/aromatic N) is 2. The third-order valence-corrected chi connectivity index (χ3v) is 6.59. The van der Waals surface area contributed by atoms with Gasteiger partial charge in [0.2, 0.25) is 0 Å². The van der Waals surface area contributed by atoms with Crippen LogP contribution in [-0.4, -0.2) is 62.3 Å². The van der Waals surface area contributed by atoms with Crippen molar-refractivity contribution in [2.24, 2.45) is 5.92 Å². The lowest BCUT2D eigenvalue weighted by Crippen LogP contribution is -2.40. The number of methoxy groups -OCH3 is 1. The van der Waals surface area contributed by atoms with Gasteiger partial charge >= 0.3 is 0 Å². The second-order valence-corrected chi connectivity index (χ2v) is 8.62. The molecule has 1 fully saturated rings. The van der Waals surface area contributed by atoms with Crippen molar-refractivity contribution in [2.75, 3.05) is 46.6 Å². The molecule has 0 unspecified atom stereocenters. The minimum Gasteiger partial charge on any atom is -0.497 e. The van der Waals surface area contributed by atoms with Crippen molar-refractivity contribution in [3.05, 3.63) is 59.7 Å². The average molecular weight is 413 g/mol. The van der Waals surface area contributed by atoms with Crippen LogP contribution in [0.5, 0.6) is 5.75 Å². The number of benzene rings is 2. The van der Waals surface area contributed by atoms with E-state index in [-0.39, 0.29) is 5.91 Å². The topological polar surface area (TPSA) is 32.8 Å². The highest BCUT2D eigenvalue weighted by Gasteiger charge is 2.23. The highest BCUT2D eigenvalue weighted by atomic mass is 32.2. The van der Waals surface area contributed by atoms with Crippen LogP contribution in [0.25, 0.3) is 0 Å². The van der Waals surface area contributed by atoms with Crippen LogP contribution in [0.1, 0.15) is 28.8 Å². The van der Waals surface area contributed by atoms with Gasteiger partial charge < -0.3 is 14.5 Å². The normalized spacial score (nSPS) is 15.3. The summed E-state index contributed by atoms with van der Waals surface area (Å²) in [4.78, 5) is 18.4. The van der Waals surface area contributed by atoms with Crippen LogP contribution < -0.4 is 4.74 Å². The van der Waals surface area contributed by atoms with Gasteiger partial charge in [0.15, 0.2) is 0 Å². The number of ether oxygens (including phenoxy) is 1. The van der Waals surface area contributed by atoms with E-state index >= 15 is 0 Å². The molecule has 3 rings (SSSR count). The fourth-order valence-corrected chi connectivity index (χ4v) is 4.56. The van der Waals surface area contributed by atoms with E-state index in [1.807, 2.05) is 54.6 Å².